The SMILES string of the molecule is COC(=O)[C@H](NCc1c(C)nn(C)c1C)C(C)C. The van der Waals surface area contributed by atoms with Crippen LogP contribution in [-0.2, 0) is 23.1 Å². The van der Waals surface area contributed by atoms with Crippen LogP contribution in [0, 0.1) is 19.8 Å². The first-order valence-corrected chi connectivity index (χ1v) is 6.18. The maximum Gasteiger partial charge on any atom is 0.323 e. The van der Waals surface area contributed by atoms with Crippen LogP contribution in [0.2, 0.25) is 0 Å². The van der Waals surface area contributed by atoms with E-state index >= 15 is 0 Å². The lowest BCUT2D eigenvalue weighted by Crippen LogP contribution is -2.41. The van der Waals surface area contributed by atoms with Crippen molar-refractivity contribution in [2.75, 3.05) is 7.11 Å². The highest BCUT2D eigenvalue weighted by atomic mass is 16.5. The first-order valence-electron chi connectivity index (χ1n) is 6.18. The molecule has 0 saturated heterocycles. The molecule has 5 nitrogen and oxygen atoms in total. The molecule has 1 atom stereocenters. The molecule has 0 aliphatic rings. The fourth-order valence-corrected chi connectivity index (χ4v) is 2.00. The molecular weight excluding hydrogens is 230 g/mol. The third-order valence-electron chi connectivity index (χ3n) is 3.28. The van der Waals surface area contributed by atoms with Gasteiger partial charge in [0.15, 0.2) is 0 Å². The summed E-state index contributed by atoms with van der Waals surface area (Å²) < 4.78 is 6.66. The van der Waals surface area contributed by atoms with Crippen molar-refractivity contribution in [2.24, 2.45) is 13.0 Å². The Labute approximate surface area is 109 Å². The number of ether oxygens (including phenoxy) is 1. The van der Waals surface area contributed by atoms with Gasteiger partial charge in [0.05, 0.1) is 12.8 Å². The Morgan fingerprint density at radius 1 is 1.44 bits per heavy atom. The summed E-state index contributed by atoms with van der Waals surface area (Å²) in [5, 5.41) is 7.61. The van der Waals surface area contributed by atoms with Crippen LogP contribution >= 0.6 is 0 Å². The van der Waals surface area contributed by atoms with E-state index in [0.717, 1.165) is 17.0 Å². The topological polar surface area (TPSA) is 56.1 Å². The van der Waals surface area contributed by atoms with Crippen LogP contribution in [0.1, 0.15) is 30.8 Å². The molecular formula is C13H23N3O2. The van der Waals surface area contributed by atoms with E-state index in [1.807, 2.05) is 39.4 Å². The minimum Gasteiger partial charge on any atom is -0.468 e. The second kappa shape index (κ2) is 6.00. The van der Waals surface area contributed by atoms with Gasteiger partial charge in [-0.3, -0.25) is 14.8 Å². The fourth-order valence-electron chi connectivity index (χ4n) is 2.00. The fraction of sp³-hybridized carbons (Fsp3) is 0.692. The molecule has 0 spiro atoms. The van der Waals surface area contributed by atoms with Crippen LogP contribution < -0.4 is 5.32 Å². The molecule has 1 aromatic rings. The number of hydrogen-bond donors (Lipinski definition) is 1. The predicted molar refractivity (Wildman–Crippen MR) is 70.2 cm³/mol. The van der Waals surface area contributed by atoms with Crippen LogP contribution in [0.25, 0.3) is 0 Å². The summed E-state index contributed by atoms with van der Waals surface area (Å²) in [6.07, 6.45) is 0. The summed E-state index contributed by atoms with van der Waals surface area (Å²) in [7, 11) is 3.34. The highest BCUT2D eigenvalue weighted by molar-refractivity contribution is 5.75. The Hall–Kier alpha value is -1.36. The Bertz CT molecular complexity index is 424. The van der Waals surface area contributed by atoms with Gasteiger partial charge in [0.1, 0.15) is 6.04 Å². The molecule has 1 heterocycles. The molecule has 0 unspecified atom stereocenters. The van der Waals surface area contributed by atoms with Crippen molar-refractivity contribution >= 4 is 5.97 Å². The van der Waals surface area contributed by atoms with Crippen LogP contribution in [-0.4, -0.2) is 28.9 Å². The summed E-state index contributed by atoms with van der Waals surface area (Å²) in [5.74, 6) is -0.0288. The van der Waals surface area contributed by atoms with Crippen molar-refractivity contribution < 1.29 is 9.53 Å². The molecule has 1 rings (SSSR count). The van der Waals surface area contributed by atoms with E-state index in [1.54, 1.807) is 0 Å². The average molecular weight is 253 g/mol. The first-order chi connectivity index (χ1) is 8.38. The molecule has 0 aliphatic carbocycles. The number of aromatic nitrogens is 2. The highest BCUT2D eigenvalue weighted by Crippen LogP contribution is 2.13. The van der Waals surface area contributed by atoms with Crippen molar-refractivity contribution in [1.82, 2.24) is 15.1 Å². The maximum atomic E-state index is 11.6. The third kappa shape index (κ3) is 3.10. The number of rotatable bonds is 5. The zero-order valence-electron chi connectivity index (χ0n) is 12.1. The van der Waals surface area contributed by atoms with Crippen LogP contribution in [0.5, 0.6) is 0 Å². The van der Waals surface area contributed by atoms with Gasteiger partial charge in [0.25, 0.3) is 0 Å². The van der Waals surface area contributed by atoms with Gasteiger partial charge in [-0.05, 0) is 19.8 Å². The van der Waals surface area contributed by atoms with Gasteiger partial charge >= 0.3 is 5.97 Å². The molecule has 0 aromatic carbocycles. The van der Waals surface area contributed by atoms with Crippen LogP contribution in [0.15, 0.2) is 0 Å². The van der Waals surface area contributed by atoms with E-state index in [2.05, 4.69) is 10.4 Å². The van der Waals surface area contributed by atoms with Gasteiger partial charge in [0, 0.05) is 24.8 Å². The molecule has 0 saturated carbocycles. The van der Waals surface area contributed by atoms with Gasteiger partial charge in [-0.2, -0.15) is 5.10 Å². The lowest BCUT2D eigenvalue weighted by Gasteiger charge is -2.19. The number of carbonyl (C=O) groups is 1. The summed E-state index contributed by atoms with van der Waals surface area (Å²) in [4.78, 5) is 11.6. The molecule has 0 aliphatic heterocycles. The summed E-state index contributed by atoms with van der Waals surface area (Å²) in [6, 6.07) is -0.283. The lowest BCUT2D eigenvalue weighted by molar-refractivity contribution is -0.144. The zero-order chi connectivity index (χ0) is 13.9. The number of carbonyl (C=O) groups excluding carboxylic acids is 1. The van der Waals surface area contributed by atoms with E-state index in [4.69, 9.17) is 4.74 Å². The molecule has 1 aromatic heterocycles. The Morgan fingerprint density at radius 2 is 2.06 bits per heavy atom. The Kier molecular flexibility index (Phi) is 4.90. The van der Waals surface area contributed by atoms with Crippen molar-refractivity contribution in [1.29, 1.82) is 0 Å². The highest BCUT2D eigenvalue weighted by Gasteiger charge is 2.23. The number of aryl methyl sites for hydroxylation is 2. The van der Waals surface area contributed by atoms with Gasteiger partial charge < -0.3 is 4.74 Å². The second-order valence-corrected chi connectivity index (χ2v) is 4.90. The third-order valence-corrected chi connectivity index (χ3v) is 3.28. The Morgan fingerprint density at radius 3 is 2.44 bits per heavy atom. The van der Waals surface area contributed by atoms with E-state index in [0.29, 0.717) is 6.54 Å². The normalized spacial score (nSPS) is 12.8. The van der Waals surface area contributed by atoms with Gasteiger partial charge in [-0.1, -0.05) is 13.8 Å². The molecule has 0 amide bonds. The largest absolute Gasteiger partial charge is 0.468 e. The van der Waals surface area contributed by atoms with E-state index in [-0.39, 0.29) is 17.9 Å². The summed E-state index contributed by atoms with van der Waals surface area (Å²) >= 11 is 0. The van der Waals surface area contributed by atoms with Gasteiger partial charge in [-0.25, -0.2) is 0 Å². The van der Waals surface area contributed by atoms with Crippen molar-refractivity contribution in [3.63, 3.8) is 0 Å². The molecule has 0 radical (unpaired) electrons. The first kappa shape index (κ1) is 14.7. The molecule has 102 valence electrons. The summed E-state index contributed by atoms with van der Waals surface area (Å²) in [5.41, 5.74) is 3.26. The predicted octanol–water partition coefficient (Wildman–Crippen LogP) is 1.32. The second-order valence-electron chi connectivity index (χ2n) is 4.90. The smallest absolute Gasteiger partial charge is 0.323 e. The van der Waals surface area contributed by atoms with Crippen LogP contribution in [0.3, 0.4) is 0 Å². The molecule has 18 heavy (non-hydrogen) atoms. The van der Waals surface area contributed by atoms with E-state index in [9.17, 15) is 4.79 Å². The minimum absolute atomic E-state index is 0.190. The maximum absolute atomic E-state index is 11.6. The van der Waals surface area contributed by atoms with E-state index in [1.165, 1.54) is 7.11 Å². The molecule has 5 heteroatoms. The summed E-state index contributed by atoms with van der Waals surface area (Å²) in [6.45, 7) is 8.63. The van der Waals surface area contributed by atoms with Crippen LogP contribution in [0.4, 0.5) is 0 Å². The number of nitrogens with one attached hydrogen (secondary N) is 1. The van der Waals surface area contributed by atoms with Crippen molar-refractivity contribution in [3.8, 4) is 0 Å². The van der Waals surface area contributed by atoms with E-state index < -0.39 is 0 Å². The zero-order valence-corrected chi connectivity index (χ0v) is 12.1. The van der Waals surface area contributed by atoms with Crippen molar-refractivity contribution in [2.45, 2.75) is 40.3 Å². The standard InChI is InChI=1S/C13H23N3O2/c1-8(2)12(13(17)18-6)14-7-11-9(3)15-16(5)10(11)4/h8,12,14H,7H2,1-6H3/t12-/m1/s1. The van der Waals surface area contributed by atoms with Gasteiger partial charge in [-0.15, -0.1) is 0 Å². The Balaban J connectivity index is 2.76. The lowest BCUT2D eigenvalue weighted by atomic mass is 10.0. The average Bonchev–Trinajstić information content (AvgIpc) is 2.54. The monoisotopic (exact) mass is 253 g/mol. The molecule has 1 N–H and O–H groups in total. The van der Waals surface area contributed by atoms with Gasteiger partial charge in [0.2, 0.25) is 0 Å². The quantitative estimate of drug-likeness (QED) is 0.804. The van der Waals surface area contributed by atoms with Crippen molar-refractivity contribution in [3.05, 3.63) is 17.0 Å². The molecule has 0 fully saturated rings. The number of esters is 1. The number of methoxy groups -OCH3 is 1. The number of hydrogen-bond acceptors (Lipinski definition) is 4. The minimum atomic E-state index is -0.283. The number of nitrogens with zero attached hydrogens (tertiary/aromatic N) is 2. The molecule has 0 bridgehead atoms.